The number of para-hydroxylation sites is 1. The third-order valence-corrected chi connectivity index (χ3v) is 3.96. The largest absolute Gasteiger partial charge is 0.508 e. The summed E-state index contributed by atoms with van der Waals surface area (Å²) in [5.41, 5.74) is 1.57. The number of carbonyl (C=O) groups is 1. The fourth-order valence-electron chi connectivity index (χ4n) is 2.58. The van der Waals surface area contributed by atoms with E-state index < -0.39 is 0 Å². The Morgan fingerprint density at radius 1 is 1.21 bits per heavy atom. The summed E-state index contributed by atoms with van der Waals surface area (Å²) in [6, 6.07) is 13.3. The van der Waals surface area contributed by atoms with Crippen molar-refractivity contribution in [1.82, 2.24) is 10.2 Å². The molecule has 1 atom stereocenters. The van der Waals surface area contributed by atoms with Crippen LogP contribution in [0.3, 0.4) is 0 Å². The second-order valence-corrected chi connectivity index (χ2v) is 5.97. The number of aromatic hydroxyl groups is 1. The molecule has 1 unspecified atom stereocenters. The normalized spacial score (nSPS) is 12.2. The van der Waals surface area contributed by atoms with Crippen LogP contribution >= 0.6 is 0 Å². The van der Waals surface area contributed by atoms with Crippen LogP contribution in [-0.2, 0) is 11.2 Å². The molecule has 0 aromatic heterocycles. The van der Waals surface area contributed by atoms with Gasteiger partial charge in [-0.25, -0.2) is 4.39 Å². The summed E-state index contributed by atoms with van der Waals surface area (Å²) in [7, 11) is 3.79. The molecule has 24 heavy (non-hydrogen) atoms. The van der Waals surface area contributed by atoms with E-state index in [0.29, 0.717) is 19.4 Å². The molecule has 2 aromatic carbocycles. The van der Waals surface area contributed by atoms with Crippen molar-refractivity contribution in [3.63, 3.8) is 0 Å². The van der Waals surface area contributed by atoms with Gasteiger partial charge in [-0.05, 0) is 49.8 Å². The number of amides is 1. The van der Waals surface area contributed by atoms with E-state index in [2.05, 4.69) is 5.32 Å². The van der Waals surface area contributed by atoms with Crippen LogP contribution in [0.15, 0.2) is 48.5 Å². The molecule has 0 aliphatic rings. The Morgan fingerprint density at radius 2 is 1.96 bits per heavy atom. The van der Waals surface area contributed by atoms with Crippen molar-refractivity contribution in [3.05, 3.63) is 65.5 Å². The molecule has 1 amide bonds. The summed E-state index contributed by atoms with van der Waals surface area (Å²) >= 11 is 0. The van der Waals surface area contributed by atoms with Gasteiger partial charge in [0.05, 0.1) is 6.04 Å². The van der Waals surface area contributed by atoms with Crippen LogP contribution in [0.4, 0.5) is 4.39 Å². The van der Waals surface area contributed by atoms with Crippen LogP contribution in [0.2, 0.25) is 0 Å². The molecule has 0 fully saturated rings. The number of phenols is 1. The number of aryl methyl sites for hydroxylation is 1. The number of benzene rings is 2. The molecule has 0 aliphatic carbocycles. The minimum atomic E-state index is -0.287. The molecule has 0 saturated carbocycles. The fraction of sp³-hybridized carbons (Fsp3) is 0.316. The summed E-state index contributed by atoms with van der Waals surface area (Å²) in [6.45, 7) is 0.399. The highest BCUT2D eigenvalue weighted by Crippen LogP contribution is 2.19. The first-order chi connectivity index (χ1) is 11.5. The summed E-state index contributed by atoms with van der Waals surface area (Å²) in [5.74, 6) is -0.178. The second kappa shape index (κ2) is 8.45. The molecule has 2 rings (SSSR count). The highest BCUT2D eigenvalue weighted by molar-refractivity contribution is 5.76. The highest BCUT2D eigenvalue weighted by atomic mass is 19.1. The lowest BCUT2D eigenvalue weighted by atomic mass is 10.1. The zero-order valence-electron chi connectivity index (χ0n) is 14.0. The number of hydrogen-bond donors (Lipinski definition) is 2. The number of nitrogens with zero attached hydrogens (tertiary/aromatic N) is 1. The lowest BCUT2D eigenvalue weighted by Crippen LogP contribution is -2.34. The molecular weight excluding hydrogens is 307 g/mol. The van der Waals surface area contributed by atoms with E-state index in [-0.39, 0.29) is 23.5 Å². The van der Waals surface area contributed by atoms with Crippen molar-refractivity contribution in [2.24, 2.45) is 0 Å². The maximum absolute atomic E-state index is 13.4. The SMILES string of the molecule is CN(C)C(CNC(=O)CCc1ccccc1O)c1cccc(F)c1. The van der Waals surface area contributed by atoms with Crippen molar-refractivity contribution >= 4 is 5.91 Å². The van der Waals surface area contributed by atoms with E-state index in [1.54, 1.807) is 24.3 Å². The molecule has 2 aromatic rings. The first-order valence-corrected chi connectivity index (χ1v) is 7.93. The summed E-state index contributed by atoms with van der Waals surface area (Å²) in [4.78, 5) is 14.0. The van der Waals surface area contributed by atoms with Gasteiger partial charge in [0.2, 0.25) is 5.91 Å². The van der Waals surface area contributed by atoms with Gasteiger partial charge in [-0.1, -0.05) is 30.3 Å². The maximum atomic E-state index is 13.4. The number of carbonyl (C=O) groups excluding carboxylic acids is 1. The van der Waals surface area contributed by atoms with Crippen molar-refractivity contribution in [1.29, 1.82) is 0 Å². The van der Waals surface area contributed by atoms with Gasteiger partial charge in [-0.3, -0.25) is 4.79 Å². The number of nitrogens with one attached hydrogen (secondary N) is 1. The maximum Gasteiger partial charge on any atom is 0.220 e. The number of phenolic OH excluding ortho intramolecular Hbond substituents is 1. The third kappa shape index (κ3) is 5.06. The van der Waals surface area contributed by atoms with E-state index in [9.17, 15) is 14.3 Å². The Kier molecular flexibility index (Phi) is 6.32. The second-order valence-electron chi connectivity index (χ2n) is 5.97. The molecule has 0 bridgehead atoms. The Balaban J connectivity index is 1.90. The third-order valence-electron chi connectivity index (χ3n) is 3.96. The molecule has 0 radical (unpaired) electrons. The Bertz CT molecular complexity index is 689. The van der Waals surface area contributed by atoms with Crippen molar-refractivity contribution < 1.29 is 14.3 Å². The zero-order valence-corrected chi connectivity index (χ0v) is 14.0. The molecule has 0 aliphatic heterocycles. The van der Waals surface area contributed by atoms with Gasteiger partial charge < -0.3 is 15.3 Å². The standard InChI is InChI=1S/C19H23FN2O2/c1-22(2)17(15-7-5-8-16(20)12-15)13-21-19(24)11-10-14-6-3-4-9-18(14)23/h3-9,12,17,23H,10-11,13H2,1-2H3,(H,21,24). The summed E-state index contributed by atoms with van der Waals surface area (Å²) in [6.07, 6.45) is 0.770. The smallest absolute Gasteiger partial charge is 0.220 e. The topological polar surface area (TPSA) is 52.6 Å². The van der Waals surface area contributed by atoms with Gasteiger partial charge in [-0.15, -0.1) is 0 Å². The van der Waals surface area contributed by atoms with E-state index in [1.807, 2.05) is 31.1 Å². The first kappa shape index (κ1) is 17.9. The van der Waals surface area contributed by atoms with Crippen molar-refractivity contribution in [2.75, 3.05) is 20.6 Å². The fourth-order valence-corrected chi connectivity index (χ4v) is 2.58. The molecule has 0 saturated heterocycles. The van der Waals surface area contributed by atoms with Gasteiger partial charge in [-0.2, -0.15) is 0 Å². The molecule has 0 heterocycles. The Labute approximate surface area is 141 Å². The van der Waals surface area contributed by atoms with Gasteiger partial charge in [0.15, 0.2) is 0 Å². The Hall–Kier alpha value is -2.40. The summed E-state index contributed by atoms with van der Waals surface area (Å²) < 4.78 is 13.4. The number of rotatable bonds is 7. The average Bonchev–Trinajstić information content (AvgIpc) is 2.54. The Morgan fingerprint density at radius 3 is 2.62 bits per heavy atom. The van der Waals surface area contributed by atoms with Crippen LogP contribution in [-0.4, -0.2) is 36.6 Å². The number of hydrogen-bond acceptors (Lipinski definition) is 3. The summed E-state index contributed by atoms with van der Waals surface area (Å²) in [5, 5.41) is 12.6. The molecule has 5 heteroatoms. The molecular formula is C19H23FN2O2. The molecule has 2 N–H and O–H groups in total. The molecule has 128 valence electrons. The van der Waals surface area contributed by atoms with E-state index in [4.69, 9.17) is 0 Å². The van der Waals surface area contributed by atoms with Crippen molar-refractivity contribution in [3.8, 4) is 5.75 Å². The van der Waals surface area contributed by atoms with Crippen molar-refractivity contribution in [2.45, 2.75) is 18.9 Å². The molecule has 0 spiro atoms. The molecule has 4 nitrogen and oxygen atoms in total. The van der Waals surface area contributed by atoms with Gasteiger partial charge in [0, 0.05) is 13.0 Å². The van der Waals surface area contributed by atoms with Gasteiger partial charge in [0.1, 0.15) is 11.6 Å². The lowest BCUT2D eigenvalue weighted by Gasteiger charge is -2.25. The van der Waals surface area contributed by atoms with Crippen LogP contribution in [0.25, 0.3) is 0 Å². The minimum Gasteiger partial charge on any atom is -0.508 e. The zero-order chi connectivity index (χ0) is 17.5. The minimum absolute atomic E-state index is 0.0958. The monoisotopic (exact) mass is 330 g/mol. The number of likely N-dealkylation sites (N-methyl/N-ethyl adjacent to an activating group) is 1. The predicted octanol–water partition coefficient (Wildman–Crippen LogP) is 2.88. The van der Waals surface area contributed by atoms with Gasteiger partial charge >= 0.3 is 0 Å². The van der Waals surface area contributed by atoms with E-state index in [0.717, 1.165) is 11.1 Å². The van der Waals surface area contributed by atoms with Crippen LogP contribution in [0, 0.1) is 5.82 Å². The van der Waals surface area contributed by atoms with Crippen LogP contribution < -0.4 is 5.32 Å². The van der Waals surface area contributed by atoms with Crippen LogP contribution in [0.5, 0.6) is 5.75 Å². The highest BCUT2D eigenvalue weighted by Gasteiger charge is 2.16. The van der Waals surface area contributed by atoms with Gasteiger partial charge in [0.25, 0.3) is 0 Å². The van der Waals surface area contributed by atoms with Crippen LogP contribution in [0.1, 0.15) is 23.6 Å². The first-order valence-electron chi connectivity index (χ1n) is 7.93. The number of halogens is 1. The van der Waals surface area contributed by atoms with E-state index in [1.165, 1.54) is 12.1 Å². The average molecular weight is 330 g/mol. The van der Waals surface area contributed by atoms with E-state index >= 15 is 0 Å². The quantitative estimate of drug-likeness (QED) is 0.821. The lowest BCUT2D eigenvalue weighted by molar-refractivity contribution is -0.121. The predicted molar refractivity (Wildman–Crippen MR) is 92.3 cm³/mol.